The molecule has 3 aromatic rings. The van der Waals surface area contributed by atoms with Crippen LogP contribution in [-0.2, 0) is 84.6 Å². The minimum atomic E-state index is -0.747. The van der Waals surface area contributed by atoms with Gasteiger partial charge in [0.15, 0.2) is 0 Å². The fraction of sp³-hybridized carbons (Fsp3) is 0.658. The minimum absolute atomic E-state index is 0.126. The predicted molar refractivity (Wildman–Crippen MR) is 350 cm³/mol. The van der Waals surface area contributed by atoms with Crippen molar-refractivity contribution in [3.05, 3.63) is 106 Å². The van der Waals surface area contributed by atoms with Crippen LogP contribution in [0.25, 0.3) is 0 Å². The second kappa shape index (κ2) is 30.8. The van der Waals surface area contributed by atoms with Crippen molar-refractivity contribution in [1.82, 2.24) is 20.0 Å². The van der Waals surface area contributed by atoms with Gasteiger partial charge in [-0.3, -0.25) is 19.2 Å². The van der Waals surface area contributed by atoms with Gasteiger partial charge in [-0.2, -0.15) is 0 Å². The van der Waals surface area contributed by atoms with Gasteiger partial charge >= 0.3 is 36.2 Å². The molecule has 0 aliphatic carbocycles. The highest BCUT2D eigenvalue weighted by atomic mass is 16.6. The van der Waals surface area contributed by atoms with E-state index in [4.69, 9.17) is 33.2 Å². The predicted octanol–water partition coefficient (Wildman–Crippen LogP) is 13.0. The van der Waals surface area contributed by atoms with Crippen LogP contribution in [0.3, 0.4) is 0 Å². The number of nitrogens with zero attached hydrogens (tertiary/aromatic N) is 3. The molecule has 3 fully saturated rings. The zero-order chi connectivity index (χ0) is 67.4. The maximum Gasteiger partial charge on any atom is 0.410 e. The molecule has 1 N–H and O–H groups in total. The number of benzene rings is 3. The van der Waals surface area contributed by atoms with Crippen LogP contribution < -0.4 is 5.32 Å². The summed E-state index contributed by atoms with van der Waals surface area (Å²) >= 11 is 0. The minimum Gasteiger partial charge on any atom is -0.460 e. The highest BCUT2D eigenvalue weighted by Crippen LogP contribution is 2.36. The number of carbonyl (C=O) groups is 7. The third-order valence-corrected chi connectivity index (χ3v) is 16.0. The number of hydrogen-bond donors (Lipinski definition) is 1. The molecule has 0 saturated carbocycles. The Morgan fingerprint density at radius 3 is 1.14 bits per heavy atom. The summed E-state index contributed by atoms with van der Waals surface area (Å²) in [7, 11) is 0. The number of nitrogens with one attached hydrogen (secondary N) is 1. The SMILES string of the molecule is CC(C)(C)OC(=O)[C@@H](Cc1cccc(CCC(C(=O)NCCOCc2cccc(C[C@H](C(=O)OC(C)(C)C)[C@H]3CCN(C(=O)OC(C)(C)C)C3)c2)c2cccc(C[C@H](C(=O)OC(C)(C)C)[C@H]3CCN(C(=O)OC(C)(C)C)C3)c2)c1)[C@H]1CCN(C(=O)OC(C)(C)C)C1. The average Bonchev–Trinajstić information content (AvgIpc) is 1.86. The monoisotopic (exact) mass is 1260 g/mol. The van der Waals surface area contributed by atoms with Gasteiger partial charge in [-0.15, -0.1) is 0 Å². The normalized spacial score (nSPS) is 18.8. The number of rotatable bonds is 22. The van der Waals surface area contributed by atoms with Gasteiger partial charge in [0.1, 0.15) is 33.6 Å². The Balaban J connectivity index is 1.20. The molecule has 3 aliphatic heterocycles. The van der Waals surface area contributed by atoms with E-state index in [9.17, 15) is 33.6 Å². The number of esters is 3. The first-order chi connectivity index (χ1) is 42.2. The topological polar surface area (TPSA) is 206 Å². The fourth-order valence-corrected chi connectivity index (χ4v) is 12.1. The summed E-state index contributed by atoms with van der Waals surface area (Å²) in [6.07, 6.45) is 2.71. The van der Waals surface area contributed by atoms with Crippen molar-refractivity contribution in [3.8, 4) is 0 Å². The van der Waals surface area contributed by atoms with E-state index in [1.807, 2.05) is 191 Å². The molecule has 7 atom stereocenters. The molecule has 3 saturated heterocycles. The van der Waals surface area contributed by atoms with E-state index in [1.54, 1.807) is 14.7 Å². The molecule has 0 bridgehead atoms. The van der Waals surface area contributed by atoms with Crippen molar-refractivity contribution in [2.45, 2.75) is 222 Å². The van der Waals surface area contributed by atoms with Crippen molar-refractivity contribution in [2.75, 3.05) is 52.4 Å². The summed E-state index contributed by atoms with van der Waals surface area (Å²) < 4.78 is 41.3. The maximum atomic E-state index is 14.8. The summed E-state index contributed by atoms with van der Waals surface area (Å²) in [6, 6.07) is 23.8. The Kier molecular flexibility index (Phi) is 24.9. The van der Waals surface area contributed by atoms with Crippen LogP contribution in [0, 0.1) is 35.5 Å². The van der Waals surface area contributed by atoms with Gasteiger partial charge in [0.2, 0.25) is 5.91 Å². The van der Waals surface area contributed by atoms with Gasteiger partial charge in [-0.25, -0.2) is 14.4 Å². The molecule has 4 amide bonds. The molecule has 0 spiro atoms. The van der Waals surface area contributed by atoms with E-state index in [0.717, 1.165) is 33.4 Å². The number of amides is 4. The van der Waals surface area contributed by atoms with Crippen molar-refractivity contribution in [2.24, 2.45) is 35.5 Å². The molecule has 18 nitrogen and oxygen atoms in total. The van der Waals surface area contributed by atoms with Gasteiger partial charge in [0.05, 0.1) is 36.9 Å². The van der Waals surface area contributed by atoms with Gasteiger partial charge < -0.3 is 53.2 Å². The first-order valence-electron chi connectivity index (χ1n) is 32.9. The van der Waals surface area contributed by atoms with Crippen LogP contribution in [0.5, 0.6) is 0 Å². The summed E-state index contributed by atoms with van der Waals surface area (Å²) in [5, 5.41) is 3.17. The van der Waals surface area contributed by atoms with Gasteiger partial charge in [-0.05, 0) is 227 Å². The molecule has 0 aromatic heterocycles. The first-order valence-corrected chi connectivity index (χ1v) is 32.9. The molecule has 504 valence electrons. The van der Waals surface area contributed by atoms with Crippen molar-refractivity contribution in [3.63, 3.8) is 0 Å². The van der Waals surface area contributed by atoms with Gasteiger partial charge in [0, 0.05) is 45.8 Å². The molecule has 3 heterocycles. The van der Waals surface area contributed by atoms with Crippen molar-refractivity contribution >= 4 is 42.1 Å². The quantitative estimate of drug-likeness (QED) is 0.0564. The summed E-state index contributed by atoms with van der Waals surface area (Å²) in [6.45, 7) is 36.3. The molecule has 3 aromatic carbocycles. The highest BCUT2D eigenvalue weighted by molar-refractivity contribution is 5.84. The molecular weight excluding hydrogens is 1160 g/mol. The van der Waals surface area contributed by atoms with Crippen molar-refractivity contribution in [1.29, 1.82) is 0 Å². The number of likely N-dealkylation sites (tertiary alicyclic amines) is 3. The smallest absolute Gasteiger partial charge is 0.410 e. The number of aryl methyl sites for hydroxylation is 1. The lowest BCUT2D eigenvalue weighted by atomic mass is 9.84. The third-order valence-electron chi connectivity index (χ3n) is 16.0. The average molecular weight is 1270 g/mol. The standard InChI is InChI=1S/C73H108N4O14/c1-68(2,3)86-62(79)58(54-30-34-75(44-54)65(82)89-71(10,11)12)41-49-23-19-22-48(38-49)28-29-57(53-27-21-25-51(40-53)43-60(64(81)88-70(7,8)9)56-32-36-77(46-56)67(84)91-73(16,17)18)61(78)74-33-37-85-47-52-26-20-24-50(39-52)42-59(63(80)87-69(4,5)6)55-31-35-76(45-55)66(83)90-72(13,14)15/h19-27,38-40,54-60H,28-37,41-47H2,1-18H3,(H,74,78)/t54-,55-,56-,57?,58-,59-,60-/m0/s1. The molecule has 91 heavy (non-hydrogen) atoms. The molecule has 6 rings (SSSR count). The van der Waals surface area contributed by atoms with Crippen molar-refractivity contribution < 1.29 is 66.7 Å². The first kappa shape index (κ1) is 73.4. The van der Waals surface area contributed by atoms with Gasteiger partial charge in [0.25, 0.3) is 0 Å². The lowest BCUT2D eigenvalue weighted by Crippen LogP contribution is -2.38. The number of hydrogen-bond acceptors (Lipinski definition) is 14. The summed E-state index contributed by atoms with van der Waals surface area (Å²) in [5.41, 5.74) is 1.23. The number of ether oxygens (including phenoxy) is 7. The van der Waals surface area contributed by atoms with E-state index in [-0.39, 0.29) is 61.3 Å². The largest absolute Gasteiger partial charge is 0.460 e. The fourth-order valence-electron chi connectivity index (χ4n) is 12.1. The lowest BCUT2D eigenvalue weighted by molar-refractivity contribution is -0.163. The Morgan fingerprint density at radius 1 is 0.440 bits per heavy atom. The second-order valence-corrected chi connectivity index (χ2v) is 31.3. The lowest BCUT2D eigenvalue weighted by Gasteiger charge is -2.28. The zero-order valence-corrected chi connectivity index (χ0v) is 58.0. The van der Waals surface area contributed by atoms with Gasteiger partial charge in [-0.1, -0.05) is 72.8 Å². The second-order valence-electron chi connectivity index (χ2n) is 31.3. The van der Waals surface area contributed by atoms with Crippen LogP contribution in [0.1, 0.15) is 190 Å². The van der Waals surface area contributed by atoms with E-state index in [1.165, 1.54) is 0 Å². The molecule has 18 heteroatoms. The van der Waals surface area contributed by atoms with Crippen LogP contribution in [-0.4, -0.2) is 143 Å². The molecule has 3 aliphatic rings. The summed E-state index contributed by atoms with van der Waals surface area (Å²) in [4.78, 5) is 101. The Labute approximate surface area is 542 Å². The van der Waals surface area contributed by atoms with Crippen LogP contribution >= 0.6 is 0 Å². The van der Waals surface area contributed by atoms with Crippen LogP contribution in [0.2, 0.25) is 0 Å². The Hall–Kier alpha value is -6.69. The van der Waals surface area contributed by atoms with E-state index in [2.05, 4.69) is 11.4 Å². The summed E-state index contributed by atoms with van der Waals surface area (Å²) in [5.74, 6) is -3.88. The Bertz CT molecular complexity index is 2970. The third kappa shape index (κ3) is 24.7. The molecule has 0 radical (unpaired) electrons. The van der Waals surface area contributed by atoms with Crippen LogP contribution in [0.4, 0.5) is 14.4 Å². The molecule has 1 unspecified atom stereocenters. The molecular formula is C73H108N4O14. The number of carbonyl (C=O) groups excluding carboxylic acids is 7. The maximum absolute atomic E-state index is 14.8. The van der Waals surface area contributed by atoms with E-state index in [0.29, 0.717) is 90.6 Å². The Morgan fingerprint density at radius 2 is 0.769 bits per heavy atom. The van der Waals surface area contributed by atoms with E-state index >= 15 is 0 Å². The highest BCUT2D eigenvalue weighted by Gasteiger charge is 2.43. The van der Waals surface area contributed by atoms with E-state index < -0.39 is 75.6 Å². The zero-order valence-electron chi connectivity index (χ0n) is 58.0. The van der Waals surface area contributed by atoms with Crippen LogP contribution in [0.15, 0.2) is 72.8 Å².